The van der Waals surface area contributed by atoms with Crippen molar-refractivity contribution in [3.63, 3.8) is 0 Å². The summed E-state index contributed by atoms with van der Waals surface area (Å²) in [5.41, 5.74) is 2.07. The van der Waals surface area contributed by atoms with E-state index in [4.69, 9.17) is 24.2 Å². The van der Waals surface area contributed by atoms with Crippen LogP contribution >= 0.6 is 0 Å². The SMILES string of the molecule is CC[C@H](C)[C@@H]([C@@H](CC(=O)N1CCC[C@H]1[C@H](OC)[C@@H](C)C(=O)NC(Cc1ccccc1)C(=O)O)OC)N(C)C(=O)[C@@H](NC(=O)[C@H](C(C)C)N(C)C(=O)OCc1ccc(NC(=O)[C@H](C)NC(=O)[C@@H](NC(=O)CCCCCN2C(=O)C=C(Oc3ccc(C#N)cc3)C2=O)C(C)C)cc1)C(C)C. The third kappa shape index (κ3) is 22.2. The number of methoxy groups -OCH3 is 2. The van der Waals surface area contributed by atoms with Crippen LogP contribution in [-0.4, -0.2) is 186 Å². The van der Waals surface area contributed by atoms with E-state index in [1.165, 1.54) is 62.3 Å². The molecule has 2 aliphatic rings. The summed E-state index contributed by atoms with van der Waals surface area (Å²) in [4.78, 5) is 154. The van der Waals surface area contributed by atoms with E-state index in [2.05, 4.69) is 26.6 Å². The van der Waals surface area contributed by atoms with Gasteiger partial charge >= 0.3 is 12.1 Å². The molecule has 0 bridgehead atoms. The van der Waals surface area contributed by atoms with Gasteiger partial charge in [0.2, 0.25) is 41.4 Å². The number of carboxylic acids is 1. The molecule has 534 valence electrons. The summed E-state index contributed by atoms with van der Waals surface area (Å²) in [5.74, 6) is -7.72. The Kier molecular flexibility index (Phi) is 30.9. The number of carbonyl (C=O) groups is 11. The lowest BCUT2D eigenvalue weighted by Gasteiger charge is -2.41. The minimum absolute atomic E-state index is 0.0683. The van der Waals surface area contributed by atoms with E-state index < -0.39 is 132 Å². The van der Waals surface area contributed by atoms with Gasteiger partial charge in [-0.1, -0.05) is 118 Å². The number of rotatable bonds is 37. The molecule has 5 rings (SSSR count). The molecule has 10 amide bonds. The van der Waals surface area contributed by atoms with Crippen LogP contribution in [0.5, 0.6) is 5.75 Å². The number of aliphatic carboxylic acids is 1. The van der Waals surface area contributed by atoms with Gasteiger partial charge in [0.05, 0.1) is 54.3 Å². The van der Waals surface area contributed by atoms with Gasteiger partial charge in [0.1, 0.15) is 42.6 Å². The molecule has 26 heteroatoms. The van der Waals surface area contributed by atoms with Gasteiger partial charge in [-0.2, -0.15) is 5.26 Å². The number of nitriles is 1. The molecule has 1 saturated heterocycles. The highest BCUT2D eigenvalue weighted by Gasteiger charge is 2.44. The summed E-state index contributed by atoms with van der Waals surface area (Å²) < 4.78 is 23.2. The molecule has 26 nitrogen and oxygen atoms in total. The molecule has 1 unspecified atom stereocenters. The Labute approximate surface area is 575 Å². The second-order valence-electron chi connectivity index (χ2n) is 26.3. The zero-order valence-electron chi connectivity index (χ0n) is 59.0. The van der Waals surface area contributed by atoms with Crippen molar-refractivity contribution in [2.75, 3.05) is 46.7 Å². The number of amides is 10. The predicted octanol–water partition coefficient (Wildman–Crippen LogP) is 6.50. The van der Waals surface area contributed by atoms with Gasteiger partial charge in [0.15, 0.2) is 5.76 Å². The zero-order valence-corrected chi connectivity index (χ0v) is 59.0. The molecule has 2 aliphatic heterocycles. The molecular formula is C72H100N10O16. The van der Waals surface area contributed by atoms with Gasteiger partial charge in [0.25, 0.3) is 11.8 Å². The molecule has 3 aromatic rings. The van der Waals surface area contributed by atoms with E-state index in [0.29, 0.717) is 67.6 Å². The first-order valence-electron chi connectivity index (χ1n) is 33.6. The van der Waals surface area contributed by atoms with Crippen LogP contribution in [0.4, 0.5) is 10.5 Å². The fourth-order valence-electron chi connectivity index (χ4n) is 12.2. The van der Waals surface area contributed by atoms with Crippen molar-refractivity contribution < 1.29 is 76.8 Å². The number of likely N-dealkylation sites (N-methyl/N-ethyl adjacent to an activating group) is 2. The first kappa shape index (κ1) is 79.5. The summed E-state index contributed by atoms with van der Waals surface area (Å²) in [6.45, 7) is 17.9. The van der Waals surface area contributed by atoms with Crippen LogP contribution in [0.2, 0.25) is 0 Å². The Bertz CT molecular complexity index is 3320. The number of hydrogen-bond acceptors (Lipinski definition) is 16. The molecule has 6 N–H and O–H groups in total. The van der Waals surface area contributed by atoms with E-state index in [9.17, 15) is 57.8 Å². The predicted molar refractivity (Wildman–Crippen MR) is 364 cm³/mol. The van der Waals surface area contributed by atoms with E-state index in [1.54, 1.807) is 109 Å². The lowest BCUT2D eigenvalue weighted by molar-refractivity contribution is -0.148. The van der Waals surface area contributed by atoms with E-state index in [1.807, 2.05) is 26.0 Å². The molecule has 0 radical (unpaired) electrons. The average Bonchev–Trinajstić information content (AvgIpc) is 1.45. The van der Waals surface area contributed by atoms with Gasteiger partial charge in [0, 0.05) is 59.9 Å². The molecule has 0 aromatic heterocycles. The number of hydrogen-bond donors (Lipinski definition) is 6. The molecule has 3 aromatic carbocycles. The van der Waals surface area contributed by atoms with Crippen molar-refractivity contribution in [1.29, 1.82) is 5.26 Å². The summed E-state index contributed by atoms with van der Waals surface area (Å²) in [5, 5.41) is 32.8. The highest BCUT2D eigenvalue weighted by molar-refractivity contribution is 6.15. The van der Waals surface area contributed by atoms with Crippen LogP contribution in [-0.2, 0) is 75.2 Å². The standard InChI is InChI=1S/C72H100N10O16/c1-15-45(8)63(55(95-13)38-58(84)81-36-22-25-54(81)64(96-14)46(9)65(86)76-53(71(92)93)37-48-23-18-16-19-24-48)79(11)70(91)61(43(4)5)78-68(89)62(44(6)7)80(12)72(94)97-41-50-27-31-51(32-28-50)75-66(87)47(10)74-67(88)60(42(2)3)77-57(83)26-20-17-21-35-82-59(85)39-56(69(82)90)98-52-33-29-49(40-73)30-34-52/h16,18-19,23-24,27-34,39,42-47,53-55,60-64H,15,17,20-22,25-26,35-38,41H2,1-14H3,(H,74,88)(H,75,87)(H,76,86)(H,77,83)(H,78,89)(H,92,93)/t45-,46+,47-,53?,54-,55+,60-,61-,62-,63-,64+/m0/s1. The summed E-state index contributed by atoms with van der Waals surface area (Å²) in [6, 6.07) is 17.0. The number of anilines is 1. The number of ether oxygens (including phenoxy) is 4. The first-order chi connectivity index (χ1) is 46.5. The molecular weight excluding hydrogens is 1260 g/mol. The number of nitrogens with zero attached hydrogens (tertiary/aromatic N) is 5. The molecule has 2 heterocycles. The van der Waals surface area contributed by atoms with Gasteiger partial charge < -0.3 is 60.4 Å². The maximum Gasteiger partial charge on any atom is 0.410 e. The van der Waals surface area contributed by atoms with E-state index >= 15 is 0 Å². The third-order valence-electron chi connectivity index (χ3n) is 18.1. The minimum atomic E-state index is -1.19. The molecule has 11 atom stereocenters. The number of unbranched alkanes of at least 4 members (excludes halogenated alkanes) is 2. The van der Waals surface area contributed by atoms with Crippen LogP contribution in [0.15, 0.2) is 90.7 Å². The molecule has 0 saturated carbocycles. The quantitative estimate of drug-likeness (QED) is 0.0265. The van der Waals surface area contributed by atoms with Gasteiger partial charge in [-0.25, -0.2) is 9.59 Å². The topological polar surface area (TPSA) is 342 Å². The highest BCUT2D eigenvalue weighted by atomic mass is 16.6. The van der Waals surface area contributed by atoms with Crippen LogP contribution in [0.3, 0.4) is 0 Å². The van der Waals surface area contributed by atoms with Gasteiger partial charge in [-0.05, 0) is 104 Å². The van der Waals surface area contributed by atoms with Crippen molar-refractivity contribution in [2.45, 2.75) is 188 Å². The molecule has 98 heavy (non-hydrogen) atoms. The van der Waals surface area contributed by atoms with Crippen LogP contribution in [0.25, 0.3) is 0 Å². The Morgan fingerprint density at radius 2 is 1.37 bits per heavy atom. The summed E-state index contributed by atoms with van der Waals surface area (Å²) in [7, 11) is 5.98. The number of imide groups is 1. The van der Waals surface area contributed by atoms with Crippen LogP contribution < -0.4 is 31.3 Å². The molecule has 0 spiro atoms. The number of carbonyl (C=O) groups excluding carboxylic acids is 10. The van der Waals surface area contributed by atoms with Crippen molar-refractivity contribution in [1.82, 2.24) is 40.9 Å². The Morgan fingerprint density at radius 1 is 0.714 bits per heavy atom. The smallest absolute Gasteiger partial charge is 0.410 e. The first-order valence-corrected chi connectivity index (χ1v) is 33.6. The van der Waals surface area contributed by atoms with Crippen molar-refractivity contribution in [2.24, 2.45) is 29.6 Å². The van der Waals surface area contributed by atoms with Gasteiger partial charge in [-0.3, -0.25) is 53.0 Å². The Hall–Kier alpha value is -9.22. The maximum absolute atomic E-state index is 14.8. The second-order valence-corrected chi connectivity index (χ2v) is 26.3. The van der Waals surface area contributed by atoms with Crippen LogP contribution in [0.1, 0.15) is 137 Å². The lowest BCUT2D eigenvalue weighted by Crippen LogP contribution is -2.60. The zero-order chi connectivity index (χ0) is 72.7. The lowest BCUT2D eigenvalue weighted by atomic mass is 9.89. The van der Waals surface area contributed by atoms with Crippen molar-refractivity contribution >= 4 is 70.9 Å². The molecule has 0 aliphatic carbocycles. The van der Waals surface area contributed by atoms with Crippen LogP contribution in [0, 0.1) is 40.9 Å². The normalized spacial score (nSPS) is 16.8. The minimum Gasteiger partial charge on any atom is -0.480 e. The van der Waals surface area contributed by atoms with Gasteiger partial charge in [-0.15, -0.1) is 0 Å². The fourth-order valence-corrected chi connectivity index (χ4v) is 12.2. The van der Waals surface area contributed by atoms with E-state index in [-0.39, 0.29) is 55.9 Å². The Balaban J connectivity index is 1.10. The third-order valence-corrected chi connectivity index (χ3v) is 18.1. The number of likely N-dealkylation sites (tertiary alicyclic amines) is 1. The largest absolute Gasteiger partial charge is 0.480 e. The number of nitrogens with one attached hydrogen (secondary N) is 5. The Morgan fingerprint density at radius 3 is 1.95 bits per heavy atom. The van der Waals surface area contributed by atoms with Crippen molar-refractivity contribution in [3.05, 3.63) is 107 Å². The average molecular weight is 1360 g/mol. The summed E-state index contributed by atoms with van der Waals surface area (Å²) in [6.07, 6.45) is 1.81. The number of benzene rings is 3. The highest BCUT2D eigenvalue weighted by Crippen LogP contribution is 2.31. The van der Waals surface area contributed by atoms with Crippen molar-refractivity contribution in [3.8, 4) is 11.8 Å². The maximum atomic E-state index is 14.8. The van der Waals surface area contributed by atoms with E-state index in [0.717, 1.165) is 16.5 Å². The molecule has 1 fully saturated rings. The monoisotopic (exact) mass is 1360 g/mol. The second kappa shape index (κ2) is 38.1. The number of carboxylic acid groups (broad SMARTS) is 1. The summed E-state index contributed by atoms with van der Waals surface area (Å²) >= 11 is 0. The fraction of sp³-hybridized carbons (Fsp3) is 0.556.